The van der Waals surface area contributed by atoms with E-state index >= 15 is 0 Å². The van der Waals surface area contributed by atoms with Gasteiger partial charge in [-0.15, -0.1) is 0 Å². The topological polar surface area (TPSA) is 56.5 Å². The average molecular weight is 329 g/mol. The highest BCUT2D eigenvalue weighted by Gasteiger charge is 2.14. The number of ether oxygens (including phenoxy) is 1. The fourth-order valence-corrected chi connectivity index (χ4v) is 2.39. The Hall–Kier alpha value is -2.59. The lowest BCUT2D eigenvalue weighted by molar-refractivity contribution is 0.0436. The molecule has 0 fully saturated rings. The van der Waals surface area contributed by atoms with Gasteiger partial charge in [0.2, 0.25) is 5.76 Å². The Kier molecular flexibility index (Phi) is 4.17. The zero-order valence-corrected chi connectivity index (χ0v) is 13.1. The van der Waals surface area contributed by atoms with E-state index in [1.54, 1.807) is 12.1 Å². The molecule has 0 atom stereocenters. The third kappa shape index (κ3) is 3.27. The lowest BCUT2D eigenvalue weighted by Gasteiger charge is -2.07. The van der Waals surface area contributed by atoms with Crippen LogP contribution in [0.3, 0.4) is 0 Å². The minimum Gasteiger partial charge on any atom is -0.455 e. The predicted molar refractivity (Wildman–Crippen MR) is 87.8 cm³/mol. The summed E-state index contributed by atoms with van der Waals surface area (Å²) in [4.78, 5) is 24.2. The molecule has 0 saturated carbocycles. The summed E-state index contributed by atoms with van der Waals surface area (Å²) in [6.45, 7) is 2.05. The van der Waals surface area contributed by atoms with Crippen LogP contribution in [-0.2, 0) is 11.3 Å². The van der Waals surface area contributed by atoms with Crippen molar-refractivity contribution in [3.05, 3.63) is 80.7 Å². The summed E-state index contributed by atoms with van der Waals surface area (Å²) in [5.41, 5.74) is 1.88. The van der Waals surface area contributed by atoms with Crippen LogP contribution in [0.15, 0.2) is 57.7 Å². The Balaban J connectivity index is 1.85. The average Bonchev–Trinajstić information content (AvgIpc) is 2.54. The molecule has 0 radical (unpaired) electrons. The molecule has 2 aromatic carbocycles. The van der Waals surface area contributed by atoms with E-state index in [2.05, 4.69) is 0 Å². The molecule has 116 valence electrons. The van der Waals surface area contributed by atoms with Gasteiger partial charge in [0.15, 0.2) is 5.43 Å². The van der Waals surface area contributed by atoms with Gasteiger partial charge in [-0.3, -0.25) is 4.79 Å². The van der Waals surface area contributed by atoms with Crippen LogP contribution in [0.25, 0.3) is 11.0 Å². The van der Waals surface area contributed by atoms with E-state index in [9.17, 15) is 9.59 Å². The van der Waals surface area contributed by atoms with Crippen molar-refractivity contribution in [3.63, 3.8) is 0 Å². The molecule has 1 aromatic heterocycles. The van der Waals surface area contributed by atoms with Crippen molar-refractivity contribution in [2.24, 2.45) is 0 Å². The second-order valence-corrected chi connectivity index (χ2v) is 5.55. The molecular formula is C18H13ClO4. The van der Waals surface area contributed by atoms with E-state index in [4.69, 9.17) is 20.8 Å². The molecule has 4 nitrogen and oxygen atoms in total. The molecule has 0 amide bonds. The Labute approximate surface area is 137 Å². The fraction of sp³-hybridized carbons (Fsp3) is 0.111. The molecule has 0 spiro atoms. The van der Waals surface area contributed by atoms with E-state index in [-0.39, 0.29) is 17.8 Å². The van der Waals surface area contributed by atoms with Gasteiger partial charge in [-0.2, -0.15) is 0 Å². The number of hydrogen-bond donors (Lipinski definition) is 0. The number of aryl methyl sites for hydroxylation is 1. The minimum absolute atomic E-state index is 0.119. The first-order valence-electron chi connectivity index (χ1n) is 6.99. The molecule has 0 saturated heterocycles. The summed E-state index contributed by atoms with van der Waals surface area (Å²) < 4.78 is 10.7. The Morgan fingerprint density at radius 1 is 1.17 bits per heavy atom. The second-order valence-electron chi connectivity index (χ2n) is 5.12. The van der Waals surface area contributed by atoms with E-state index in [1.807, 2.05) is 31.2 Å². The van der Waals surface area contributed by atoms with Crippen LogP contribution in [0.5, 0.6) is 0 Å². The van der Waals surface area contributed by atoms with Crippen LogP contribution in [0.1, 0.15) is 21.7 Å². The summed E-state index contributed by atoms with van der Waals surface area (Å²) in [5, 5.41) is 0.757. The molecule has 1 heterocycles. The van der Waals surface area contributed by atoms with Gasteiger partial charge in [0.1, 0.15) is 12.2 Å². The van der Waals surface area contributed by atoms with Crippen molar-refractivity contribution in [3.8, 4) is 0 Å². The van der Waals surface area contributed by atoms with Gasteiger partial charge in [0, 0.05) is 11.1 Å². The Morgan fingerprint density at radius 2 is 1.96 bits per heavy atom. The highest BCUT2D eigenvalue weighted by atomic mass is 35.5. The third-order valence-electron chi connectivity index (χ3n) is 3.51. The molecule has 0 aliphatic carbocycles. The van der Waals surface area contributed by atoms with Crippen LogP contribution in [-0.4, -0.2) is 5.97 Å². The lowest BCUT2D eigenvalue weighted by atomic mass is 10.1. The first-order valence-corrected chi connectivity index (χ1v) is 7.37. The fourth-order valence-electron chi connectivity index (χ4n) is 2.22. The van der Waals surface area contributed by atoms with Crippen molar-refractivity contribution >= 4 is 28.5 Å². The molecule has 23 heavy (non-hydrogen) atoms. The molecule has 3 rings (SSSR count). The van der Waals surface area contributed by atoms with Gasteiger partial charge in [-0.05, 0) is 36.2 Å². The summed E-state index contributed by atoms with van der Waals surface area (Å²) >= 11 is 5.85. The van der Waals surface area contributed by atoms with Gasteiger partial charge in [-0.1, -0.05) is 35.9 Å². The maximum Gasteiger partial charge on any atom is 0.374 e. The van der Waals surface area contributed by atoms with Crippen LogP contribution >= 0.6 is 11.6 Å². The summed E-state index contributed by atoms with van der Waals surface area (Å²) in [6, 6.07) is 13.4. The van der Waals surface area contributed by atoms with Crippen molar-refractivity contribution < 1.29 is 13.9 Å². The van der Waals surface area contributed by atoms with Crippen LogP contribution < -0.4 is 5.43 Å². The minimum atomic E-state index is -0.679. The summed E-state index contributed by atoms with van der Waals surface area (Å²) in [7, 11) is 0. The van der Waals surface area contributed by atoms with Crippen molar-refractivity contribution in [1.29, 1.82) is 0 Å². The van der Waals surface area contributed by atoms with E-state index in [0.29, 0.717) is 16.0 Å². The molecule has 0 unspecified atom stereocenters. The largest absolute Gasteiger partial charge is 0.455 e. The van der Waals surface area contributed by atoms with E-state index in [0.717, 1.165) is 17.2 Å². The Bertz CT molecular complexity index is 943. The van der Waals surface area contributed by atoms with Crippen LogP contribution in [0.2, 0.25) is 5.02 Å². The highest BCUT2D eigenvalue weighted by molar-refractivity contribution is 6.31. The van der Waals surface area contributed by atoms with Gasteiger partial charge < -0.3 is 9.15 Å². The van der Waals surface area contributed by atoms with Gasteiger partial charge >= 0.3 is 5.97 Å². The van der Waals surface area contributed by atoms with E-state index in [1.165, 1.54) is 6.07 Å². The molecule has 3 aromatic rings. The lowest BCUT2D eigenvalue weighted by Crippen LogP contribution is -2.10. The van der Waals surface area contributed by atoms with Crippen molar-refractivity contribution in [2.75, 3.05) is 0 Å². The quantitative estimate of drug-likeness (QED) is 0.679. The molecule has 0 aliphatic heterocycles. The van der Waals surface area contributed by atoms with Crippen molar-refractivity contribution in [2.45, 2.75) is 13.5 Å². The SMILES string of the molecule is Cc1ccccc1COC(=O)c1cc(=O)c2cc(Cl)ccc2o1. The molecule has 0 N–H and O–H groups in total. The summed E-state index contributed by atoms with van der Waals surface area (Å²) in [6.07, 6.45) is 0. The van der Waals surface area contributed by atoms with E-state index < -0.39 is 5.97 Å². The zero-order valence-electron chi connectivity index (χ0n) is 12.3. The Morgan fingerprint density at radius 3 is 2.74 bits per heavy atom. The maximum absolute atomic E-state index is 12.1. The first-order chi connectivity index (χ1) is 11.0. The highest BCUT2D eigenvalue weighted by Crippen LogP contribution is 2.18. The molecule has 0 bridgehead atoms. The number of fused-ring (bicyclic) bond motifs is 1. The first kappa shape index (κ1) is 15.3. The number of carbonyl (C=O) groups is 1. The number of hydrogen-bond acceptors (Lipinski definition) is 4. The smallest absolute Gasteiger partial charge is 0.374 e. The number of rotatable bonds is 3. The third-order valence-corrected chi connectivity index (χ3v) is 3.75. The van der Waals surface area contributed by atoms with Gasteiger partial charge in [-0.25, -0.2) is 4.79 Å². The standard InChI is InChI=1S/C18H13ClO4/c1-11-4-2-3-5-12(11)10-22-18(21)17-9-15(20)14-8-13(19)6-7-16(14)23-17/h2-9H,10H2,1H3. The number of benzene rings is 2. The molecule has 0 aliphatic rings. The van der Waals surface area contributed by atoms with Crippen LogP contribution in [0.4, 0.5) is 0 Å². The predicted octanol–water partition coefficient (Wildman–Crippen LogP) is 4.11. The normalized spacial score (nSPS) is 10.7. The number of carbonyl (C=O) groups excluding carboxylic acids is 1. The summed E-state index contributed by atoms with van der Waals surface area (Å²) in [5.74, 6) is -0.805. The molecule has 5 heteroatoms. The monoisotopic (exact) mass is 328 g/mol. The van der Waals surface area contributed by atoms with Gasteiger partial charge in [0.25, 0.3) is 0 Å². The van der Waals surface area contributed by atoms with Gasteiger partial charge in [0.05, 0.1) is 5.39 Å². The number of esters is 1. The number of halogens is 1. The van der Waals surface area contributed by atoms with Crippen LogP contribution in [0, 0.1) is 6.92 Å². The second kappa shape index (κ2) is 6.26. The zero-order chi connectivity index (χ0) is 16.4. The molecular weight excluding hydrogens is 316 g/mol. The maximum atomic E-state index is 12.1. The van der Waals surface area contributed by atoms with Crippen molar-refractivity contribution in [1.82, 2.24) is 0 Å².